The van der Waals surface area contributed by atoms with E-state index in [4.69, 9.17) is 14.7 Å². The molecule has 2 unspecified atom stereocenters. The number of nitrogens with zero attached hydrogens (tertiary/aromatic N) is 7. The number of piperidine rings is 3. The Hall–Kier alpha value is -5.67. The van der Waals surface area contributed by atoms with Crippen LogP contribution in [0.5, 0.6) is 5.75 Å². The van der Waals surface area contributed by atoms with Crippen molar-refractivity contribution in [3.8, 4) is 5.75 Å². The van der Waals surface area contributed by atoms with Gasteiger partial charge in [-0.3, -0.25) is 34.3 Å². The number of imide groups is 1. The SMILES string of the molecule is C=C(C)C(F)CN1[C@H](c2cnc(N3CCC4(CCN(C(=O)CN5Cc6cc7c(c(OC)c6C5)CN(C5CCC(=O)NC5=O)C7=O)CC4)CC3)nc2)c2[nH]c3ccccc3c2C[C@H]1C. The number of likely N-dealkylation sites (tertiary alicyclic amines) is 1. The lowest BCUT2D eigenvalue weighted by Crippen LogP contribution is -2.52. The Kier molecular flexibility index (Phi) is 10.6. The highest BCUT2D eigenvalue weighted by molar-refractivity contribution is 6.06. The number of halogens is 1. The first-order valence-electron chi connectivity index (χ1n) is 22.5. The van der Waals surface area contributed by atoms with Gasteiger partial charge in [0.25, 0.3) is 5.91 Å². The summed E-state index contributed by atoms with van der Waals surface area (Å²) in [6, 6.07) is 9.47. The standard InChI is InChI=1S/C48H56FN9O5/c1-28(2)37(49)26-57-29(3)19-33-32-7-5-6-8-38(32)52-42(33)43(57)31-21-50-47(51-22-31)56-17-13-48(14-18-56)11-15-55(16-12-48)41(60)27-54-23-30-20-34-36(44(63-4)35(30)24-54)25-58(46(34)62)39-9-10-40(59)53-45(39)61/h5-8,20-22,29,37,39,43,52H,1,9-19,23-27H2,2-4H3,(H,53,59,61)/t29-,37?,39?,43-/m1/s1. The number of hydrogen-bond donors (Lipinski definition) is 2. The molecule has 2 aromatic heterocycles. The molecule has 1 spiro atoms. The van der Waals surface area contributed by atoms with E-state index in [1.165, 1.54) is 10.9 Å². The lowest BCUT2D eigenvalue weighted by atomic mass is 9.71. The molecule has 63 heavy (non-hydrogen) atoms. The normalized spacial score (nSPS) is 24.1. The zero-order chi connectivity index (χ0) is 43.7. The van der Waals surface area contributed by atoms with Crippen LogP contribution in [0.3, 0.4) is 0 Å². The van der Waals surface area contributed by atoms with Gasteiger partial charge in [-0.25, -0.2) is 14.4 Å². The quantitative estimate of drug-likeness (QED) is 0.170. The van der Waals surface area contributed by atoms with Crippen LogP contribution in [-0.4, -0.2) is 123 Å². The van der Waals surface area contributed by atoms with Gasteiger partial charge in [-0.05, 0) is 86.6 Å². The zero-order valence-corrected chi connectivity index (χ0v) is 36.4. The predicted molar refractivity (Wildman–Crippen MR) is 235 cm³/mol. The van der Waals surface area contributed by atoms with Gasteiger partial charge in [0.1, 0.15) is 18.0 Å². The van der Waals surface area contributed by atoms with Gasteiger partial charge in [0.05, 0.1) is 26.2 Å². The number of para-hydroxylation sites is 1. The molecule has 0 bridgehead atoms. The van der Waals surface area contributed by atoms with Gasteiger partial charge >= 0.3 is 0 Å². The highest BCUT2D eigenvalue weighted by Crippen LogP contribution is 2.45. The lowest BCUT2D eigenvalue weighted by Gasteiger charge is -2.47. The fourth-order valence-electron chi connectivity index (χ4n) is 11.3. The first-order chi connectivity index (χ1) is 30.4. The third kappa shape index (κ3) is 7.36. The maximum atomic E-state index is 15.3. The maximum Gasteiger partial charge on any atom is 0.255 e. The van der Waals surface area contributed by atoms with Crippen LogP contribution in [0.15, 0.2) is 54.9 Å². The van der Waals surface area contributed by atoms with Crippen LogP contribution in [0.1, 0.15) is 102 Å². The molecule has 15 heteroatoms. The largest absolute Gasteiger partial charge is 0.496 e. The van der Waals surface area contributed by atoms with Crippen LogP contribution in [0.2, 0.25) is 0 Å². The molecule has 3 fully saturated rings. The van der Waals surface area contributed by atoms with E-state index in [1.807, 2.05) is 29.4 Å². The van der Waals surface area contributed by atoms with Crippen molar-refractivity contribution in [3.63, 3.8) is 0 Å². The molecule has 4 amide bonds. The van der Waals surface area contributed by atoms with Crippen molar-refractivity contribution in [3.05, 3.63) is 94.0 Å². The van der Waals surface area contributed by atoms with E-state index < -0.39 is 18.1 Å². The Balaban J connectivity index is 0.748. The molecule has 6 aliphatic rings. The van der Waals surface area contributed by atoms with E-state index in [0.717, 1.165) is 91.7 Å². The minimum absolute atomic E-state index is 0.109. The van der Waals surface area contributed by atoms with Gasteiger partial charge in [-0.1, -0.05) is 24.8 Å². The summed E-state index contributed by atoms with van der Waals surface area (Å²) >= 11 is 0. The summed E-state index contributed by atoms with van der Waals surface area (Å²) in [7, 11) is 1.60. The minimum Gasteiger partial charge on any atom is -0.496 e. The number of nitrogens with one attached hydrogen (secondary N) is 2. The zero-order valence-electron chi connectivity index (χ0n) is 36.4. The van der Waals surface area contributed by atoms with E-state index >= 15 is 4.39 Å². The second-order valence-corrected chi connectivity index (χ2v) is 18.8. The number of carbonyl (C=O) groups excluding carboxylic acids is 4. The fraction of sp³-hybridized carbons (Fsp3) is 0.500. The van der Waals surface area contributed by atoms with Gasteiger partial charge in [-0.2, -0.15) is 0 Å². The molecule has 4 aromatic rings. The van der Waals surface area contributed by atoms with Crippen molar-refractivity contribution in [1.29, 1.82) is 0 Å². The number of H-pyrrole nitrogens is 1. The molecule has 10 rings (SSSR count). The van der Waals surface area contributed by atoms with Crippen molar-refractivity contribution in [1.82, 2.24) is 39.9 Å². The number of hydrogen-bond acceptors (Lipinski definition) is 10. The molecular formula is C48H56FN9O5. The average molecular weight is 858 g/mol. The minimum atomic E-state index is -1.14. The molecule has 0 saturated carbocycles. The number of rotatable bonds is 9. The highest BCUT2D eigenvalue weighted by Gasteiger charge is 2.44. The number of aromatic nitrogens is 3. The Morgan fingerprint density at radius 1 is 1.00 bits per heavy atom. The number of amides is 4. The predicted octanol–water partition coefficient (Wildman–Crippen LogP) is 5.20. The molecule has 4 atom stereocenters. The lowest BCUT2D eigenvalue weighted by molar-refractivity contribution is -0.137. The van der Waals surface area contributed by atoms with Crippen LogP contribution < -0.4 is 15.0 Å². The number of anilines is 1. The van der Waals surface area contributed by atoms with Crippen LogP contribution >= 0.6 is 0 Å². The molecule has 8 heterocycles. The Bertz CT molecular complexity index is 2500. The molecule has 330 valence electrons. The second kappa shape index (κ2) is 16.2. The van der Waals surface area contributed by atoms with E-state index in [-0.39, 0.29) is 61.3 Å². The number of ether oxygens (including phenoxy) is 1. The summed E-state index contributed by atoms with van der Waals surface area (Å²) in [4.78, 5) is 75.4. The summed E-state index contributed by atoms with van der Waals surface area (Å²) in [6.45, 7) is 12.8. The van der Waals surface area contributed by atoms with E-state index in [2.05, 4.69) is 56.7 Å². The van der Waals surface area contributed by atoms with E-state index in [1.54, 1.807) is 18.9 Å². The number of carbonyl (C=O) groups is 4. The van der Waals surface area contributed by atoms with E-state index in [9.17, 15) is 19.2 Å². The summed E-state index contributed by atoms with van der Waals surface area (Å²) in [6.07, 6.45) is 7.98. The van der Waals surface area contributed by atoms with Crippen molar-refractivity contribution in [2.45, 2.75) is 103 Å². The summed E-state index contributed by atoms with van der Waals surface area (Å²) in [5.74, 6) is 0.484. The molecule has 14 nitrogen and oxygen atoms in total. The fourth-order valence-corrected chi connectivity index (χ4v) is 11.3. The van der Waals surface area contributed by atoms with Crippen molar-refractivity contribution < 1.29 is 28.3 Å². The Morgan fingerprint density at radius 3 is 2.44 bits per heavy atom. The van der Waals surface area contributed by atoms with Gasteiger partial charge in [-0.15, -0.1) is 0 Å². The summed E-state index contributed by atoms with van der Waals surface area (Å²) in [5, 5.41) is 3.57. The second-order valence-electron chi connectivity index (χ2n) is 18.8. The molecule has 0 radical (unpaired) electrons. The van der Waals surface area contributed by atoms with Crippen LogP contribution in [-0.2, 0) is 40.4 Å². The van der Waals surface area contributed by atoms with Crippen molar-refractivity contribution >= 4 is 40.5 Å². The number of methoxy groups -OCH3 is 1. The number of fused-ring (bicyclic) bond motifs is 5. The van der Waals surface area contributed by atoms with Gasteiger partial charge in [0.15, 0.2) is 0 Å². The molecule has 2 N–H and O–H groups in total. The highest BCUT2D eigenvalue weighted by atomic mass is 19.1. The van der Waals surface area contributed by atoms with Crippen molar-refractivity contribution in [2.75, 3.05) is 51.3 Å². The van der Waals surface area contributed by atoms with Gasteiger partial charge in [0.2, 0.25) is 23.7 Å². The van der Waals surface area contributed by atoms with Crippen LogP contribution in [0.25, 0.3) is 10.9 Å². The first kappa shape index (κ1) is 41.3. The monoisotopic (exact) mass is 857 g/mol. The number of benzene rings is 2. The molecule has 6 aliphatic heterocycles. The van der Waals surface area contributed by atoms with Crippen molar-refractivity contribution in [2.24, 2.45) is 5.41 Å². The van der Waals surface area contributed by atoms with E-state index in [0.29, 0.717) is 42.3 Å². The average Bonchev–Trinajstić information content (AvgIpc) is 3.96. The number of aromatic amines is 1. The maximum absolute atomic E-state index is 15.3. The molecular weight excluding hydrogens is 802 g/mol. The third-order valence-electron chi connectivity index (χ3n) is 15.0. The Labute approximate surface area is 366 Å². The molecule has 2 aromatic carbocycles. The molecule has 3 saturated heterocycles. The number of alkyl halides is 1. The van der Waals surface area contributed by atoms with Gasteiger partial charge in [0, 0.05) is 110 Å². The molecule has 0 aliphatic carbocycles. The van der Waals surface area contributed by atoms with Gasteiger partial charge < -0.3 is 24.4 Å². The third-order valence-corrected chi connectivity index (χ3v) is 15.0. The summed E-state index contributed by atoms with van der Waals surface area (Å²) < 4.78 is 21.2. The van der Waals surface area contributed by atoms with Crippen LogP contribution in [0.4, 0.5) is 10.3 Å². The Morgan fingerprint density at radius 2 is 1.73 bits per heavy atom. The summed E-state index contributed by atoms with van der Waals surface area (Å²) in [5.41, 5.74) is 8.30. The smallest absolute Gasteiger partial charge is 0.255 e. The van der Waals surface area contributed by atoms with Crippen LogP contribution in [0, 0.1) is 5.41 Å². The first-order valence-corrected chi connectivity index (χ1v) is 22.5. The topological polar surface area (TPSA) is 147 Å².